The number of thiol groups is 1. The molecule has 2 aliphatic rings. The molecule has 0 aliphatic heterocycles. The molecule has 1 aromatic carbocycles. The van der Waals surface area contributed by atoms with Crippen molar-refractivity contribution >= 4 is 46.7 Å². The minimum Gasteiger partial charge on any atom is -0.440 e. The summed E-state index contributed by atoms with van der Waals surface area (Å²) in [5.74, 6) is -0.585. The number of rotatable bonds is 2. The fraction of sp³-hybridized carbons (Fsp3) is 0.471. The van der Waals surface area contributed by atoms with Gasteiger partial charge in [0.1, 0.15) is 0 Å². The molecule has 9 heteroatoms. The Balaban J connectivity index is 0.00000117. The maximum Gasteiger partial charge on any atom is 0.322 e. The molecule has 0 spiro atoms. The van der Waals surface area contributed by atoms with Gasteiger partial charge in [-0.2, -0.15) is 10.6 Å². The van der Waals surface area contributed by atoms with Gasteiger partial charge in [-0.3, -0.25) is 5.14 Å². The number of amides is 2. The quantitative estimate of drug-likeness (QED) is 0.466. The summed E-state index contributed by atoms with van der Waals surface area (Å²) in [6, 6.07) is -0.709. The molecule has 0 fully saturated rings. The molecule has 0 saturated carbocycles. The molecule has 144 valence electrons. The molecule has 0 atom stereocenters. The Bertz CT molecular complexity index is 810. The van der Waals surface area contributed by atoms with Gasteiger partial charge in [0.05, 0.1) is 5.83 Å². The third-order valence-corrected chi connectivity index (χ3v) is 6.31. The van der Waals surface area contributed by atoms with Gasteiger partial charge in [-0.25, -0.2) is 9.18 Å². The lowest BCUT2D eigenvalue weighted by Crippen LogP contribution is -2.12. The van der Waals surface area contributed by atoms with Crippen LogP contribution in [0.4, 0.5) is 14.9 Å². The van der Waals surface area contributed by atoms with Crippen molar-refractivity contribution in [3.05, 3.63) is 38.0 Å². The van der Waals surface area contributed by atoms with Crippen LogP contribution >= 0.6 is 24.4 Å². The number of hydrogen-bond acceptors (Lipinski definition) is 5. The number of nitrogens with two attached hydrogens (primary N) is 1. The summed E-state index contributed by atoms with van der Waals surface area (Å²) >= 11 is 9.56. The van der Waals surface area contributed by atoms with E-state index in [4.69, 9.17) is 11.6 Å². The Morgan fingerprint density at radius 1 is 1.12 bits per heavy atom. The molecular formula is C17H22ClFN3O2S2-. The highest BCUT2D eigenvalue weighted by atomic mass is 35.5. The van der Waals surface area contributed by atoms with E-state index in [-0.39, 0.29) is 4.91 Å². The first-order chi connectivity index (χ1) is 12.4. The van der Waals surface area contributed by atoms with E-state index in [9.17, 15) is 13.4 Å². The summed E-state index contributed by atoms with van der Waals surface area (Å²) in [5, 5.41) is 7.83. The predicted molar refractivity (Wildman–Crippen MR) is 108 cm³/mol. The van der Waals surface area contributed by atoms with Gasteiger partial charge in [-0.15, -0.1) is 12.8 Å². The van der Waals surface area contributed by atoms with Crippen LogP contribution in [0.25, 0.3) is 0 Å². The number of carbonyl (C=O) groups excluding carboxylic acids is 1. The molecule has 0 radical (unpaired) electrons. The zero-order valence-electron chi connectivity index (χ0n) is 14.7. The topological polar surface area (TPSA) is 84.5 Å². The molecule has 0 unspecified atom stereocenters. The third kappa shape index (κ3) is 4.24. The van der Waals surface area contributed by atoms with Gasteiger partial charge in [-0.1, -0.05) is 23.4 Å². The third-order valence-electron chi connectivity index (χ3n) is 4.71. The first kappa shape index (κ1) is 21.2. The van der Waals surface area contributed by atoms with Crippen molar-refractivity contribution in [3.63, 3.8) is 0 Å². The molecule has 0 saturated heterocycles. The molecule has 26 heavy (non-hydrogen) atoms. The van der Waals surface area contributed by atoms with Crippen molar-refractivity contribution in [2.45, 2.75) is 52.4 Å². The van der Waals surface area contributed by atoms with Gasteiger partial charge in [0.15, 0.2) is 0 Å². The minimum absolute atomic E-state index is 0.0447. The van der Waals surface area contributed by atoms with Crippen molar-refractivity contribution < 1.29 is 13.4 Å². The van der Waals surface area contributed by atoms with Gasteiger partial charge in [0.2, 0.25) is 0 Å². The second-order valence-electron chi connectivity index (χ2n) is 6.17. The van der Waals surface area contributed by atoms with Gasteiger partial charge < -0.3 is 13.9 Å². The largest absolute Gasteiger partial charge is 0.440 e. The highest BCUT2D eigenvalue weighted by Gasteiger charge is 2.28. The second kappa shape index (κ2) is 9.21. The van der Waals surface area contributed by atoms with E-state index in [1.807, 2.05) is 0 Å². The summed E-state index contributed by atoms with van der Waals surface area (Å²) in [7, 11) is -2.01. The number of allylic oxidation sites excluding steroid dienone is 2. The van der Waals surface area contributed by atoms with Crippen molar-refractivity contribution in [2.24, 2.45) is 9.50 Å². The highest BCUT2D eigenvalue weighted by molar-refractivity contribution is 7.79. The van der Waals surface area contributed by atoms with E-state index in [0.717, 1.165) is 71.5 Å². The highest BCUT2D eigenvalue weighted by Crippen LogP contribution is 2.44. The van der Waals surface area contributed by atoms with Crippen molar-refractivity contribution in [3.8, 4) is 0 Å². The number of hydrogen-bond donors (Lipinski definition) is 3. The van der Waals surface area contributed by atoms with Crippen LogP contribution in [-0.4, -0.2) is 6.03 Å². The van der Waals surface area contributed by atoms with E-state index >= 15 is 0 Å². The lowest BCUT2D eigenvalue weighted by atomic mass is 9.98. The van der Waals surface area contributed by atoms with Gasteiger partial charge >= 0.3 is 6.03 Å². The first-order valence-electron chi connectivity index (χ1n) is 8.28. The molecule has 3 N–H and O–H groups in total. The number of anilines is 1. The first-order valence-corrected chi connectivity index (χ1v) is 10.3. The zero-order valence-corrected chi connectivity index (χ0v) is 17.2. The number of benzene rings is 1. The number of halogens is 2. The second-order valence-corrected chi connectivity index (χ2v) is 7.84. The van der Waals surface area contributed by atoms with E-state index in [0.29, 0.717) is 0 Å². The SMILES string of the molecule is C/C(F)=C(\C)[S-](=O)=NC(=O)Nc1c2c(c(Cl)c3c1CCC3)CCC2.NS. The van der Waals surface area contributed by atoms with Crippen molar-refractivity contribution in [2.75, 3.05) is 5.32 Å². The number of urea groups is 1. The summed E-state index contributed by atoms with van der Waals surface area (Å²) in [5.41, 5.74) is 5.16. The Hall–Kier alpha value is -1.09. The van der Waals surface area contributed by atoms with Crippen molar-refractivity contribution in [1.82, 2.24) is 0 Å². The number of nitrogens with zero attached hydrogens (tertiary/aromatic N) is 1. The molecule has 0 heterocycles. The van der Waals surface area contributed by atoms with Crippen LogP contribution in [0.5, 0.6) is 0 Å². The van der Waals surface area contributed by atoms with E-state index in [2.05, 4.69) is 27.6 Å². The fourth-order valence-electron chi connectivity index (χ4n) is 3.43. The predicted octanol–water partition coefficient (Wildman–Crippen LogP) is 5.01. The Kier molecular flexibility index (Phi) is 7.52. The van der Waals surface area contributed by atoms with E-state index < -0.39 is 22.5 Å². The molecule has 0 bridgehead atoms. The number of carbonyl (C=O) groups is 1. The van der Waals surface area contributed by atoms with Crippen LogP contribution in [0.15, 0.2) is 15.1 Å². The average Bonchev–Trinajstić information content (AvgIpc) is 3.29. The number of fused-ring (bicyclic) bond motifs is 2. The van der Waals surface area contributed by atoms with Crippen LogP contribution in [0.1, 0.15) is 48.9 Å². The van der Waals surface area contributed by atoms with Crippen LogP contribution in [0.2, 0.25) is 5.02 Å². The van der Waals surface area contributed by atoms with Crippen LogP contribution < -0.4 is 10.5 Å². The molecule has 2 aliphatic carbocycles. The normalized spacial score (nSPS) is 17.0. The Labute approximate surface area is 165 Å². The lowest BCUT2D eigenvalue weighted by molar-refractivity contribution is 0.260. The monoisotopic (exact) mass is 418 g/mol. The van der Waals surface area contributed by atoms with Crippen molar-refractivity contribution in [1.29, 1.82) is 0 Å². The molecular weight excluding hydrogens is 397 g/mol. The molecule has 0 aromatic heterocycles. The van der Waals surface area contributed by atoms with Crippen LogP contribution in [-0.2, 0) is 40.5 Å². The molecule has 3 rings (SSSR count). The maximum absolute atomic E-state index is 13.1. The van der Waals surface area contributed by atoms with Gasteiger partial charge in [0, 0.05) is 10.7 Å². The van der Waals surface area contributed by atoms with E-state index in [1.165, 1.54) is 13.8 Å². The van der Waals surface area contributed by atoms with E-state index in [1.54, 1.807) is 0 Å². The number of nitrogens with one attached hydrogen (secondary N) is 1. The maximum atomic E-state index is 13.1. The summed E-state index contributed by atoms with van der Waals surface area (Å²) in [4.78, 5) is 12.1. The standard InChI is InChI=1S/C17H19ClFN2O2S.H3NS/c1-9(19)10(2)24(23)21-17(22)20-16-13-7-3-5-11(13)15(18)12-6-4-8-14(12)16;1-2/h3-8H2,1-2H3,(H,20,22);2H,1H2/q-1;/b10-9-;. The summed E-state index contributed by atoms with van der Waals surface area (Å²) in [6.45, 7) is 2.56. The lowest BCUT2D eigenvalue weighted by Gasteiger charge is -2.17. The summed E-state index contributed by atoms with van der Waals surface area (Å²) < 4.78 is 28.5. The van der Waals surface area contributed by atoms with Crippen LogP contribution in [0.3, 0.4) is 0 Å². The minimum atomic E-state index is -2.01. The molecule has 1 aromatic rings. The fourth-order valence-corrected chi connectivity index (χ4v) is 4.42. The molecule has 2 amide bonds. The smallest absolute Gasteiger partial charge is 0.322 e. The molecule has 5 nitrogen and oxygen atoms in total. The van der Waals surface area contributed by atoms with Gasteiger partial charge in [-0.05, 0) is 67.7 Å². The Morgan fingerprint density at radius 3 is 2.04 bits per heavy atom. The van der Waals surface area contributed by atoms with Gasteiger partial charge in [0.25, 0.3) is 0 Å². The van der Waals surface area contributed by atoms with Crippen LogP contribution in [0, 0.1) is 0 Å². The summed E-state index contributed by atoms with van der Waals surface area (Å²) in [6.07, 6.45) is 5.57. The zero-order chi connectivity index (χ0) is 19.4. The average molecular weight is 419 g/mol. The Morgan fingerprint density at radius 2 is 1.58 bits per heavy atom.